The number of rotatable bonds is 5. The summed E-state index contributed by atoms with van der Waals surface area (Å²) in [5.41, 5.74) is 6.13. The van der Waals surface area contributed by atoms with Crippen molar-refractivity contribution >= 4 is 11.4 Å². The van der Waals surface area contributed by atoms with Crippen molar-refractivity contribution < 1.29 is 0 Å². The lowest BCUT2D eigenvalue weighted by atomic mass is 9.71. The first kappa shape index (κ1) is 18.1. The van der Waals surface area contributed by atoms with Gasteiger partial charge in [-0.1, -0.05) is 54.6 Å². The van der Waals surface area contributed by atoms with Crippen molar-refractivity contribution in [2.45, 2.75) is 12.3 Å². The molecule has 26 heavy (non-hydrogen) atoms. The van der Waals surface area contributed by atoms with Gasteiger partial charge in [0.1, 0.15) is 0 Å². The molecule has 0 bridgehead atoms. The number of anilines is 2. The van der Waals surface area contributed by atoms with E-state index in [2.05, 4.69) is 124 Å². The lowest BCUT2D eigenvalue weighted by molar-refractivity contribution is 0.692. The van der Waals surface area contributed by atoms with E-state index in [0.717, 1.165) is 0 Å². The number of benzene rings is 3. The Balaban J connectivity index is 2.14. The average Bonchev–Trinajstić information content (AvgIpc) is 2.68. The SMILES string of the molecule is CN(C)c1ccc(C(C)(c2ccccc2)c2ccc(N(C)C)cc2)cc1. The average molecular weight is 345 g/mol. The molecule has 134 valence electrons. The van der Waals surface area contributed by atoms with Gasteiger partial charge >= 0.3 is 0 Å². The van der Waals surface area contributed by atoms with Gasteiger partial charge in [0.15, 0.2) is 0 Å². The molecule has 0 aliphatic heterocycles. The molecule has 0 saturated heterocycles. The molecular formula is C24H28N2. The predicted octanol–water partition coefficient (Wildman–Crippen LogP) is 5.17. The number of hydrogen-bond acceptors (Lipinski definition) is 2. The van der Waals surface area contributed by atoms with E-state index in [1.165, 1.54) is 28.1 Å². The molecule has 3 rings (SSSR count). The van der Waals surface area contributed by atoms with Crippen molar-refractivity contribution in [3.63, 3.8) is 0 Å². The highest BCUT2D eigenvalue weighted by atomic mass is 15.1. The zero-order valence-electron chi connectivity index (χ0n) is 16.4. The summed E-state index contributed by atoms with van der Waals surface area (Å²) in [7, 11) is 8.30. The van der Waals surface area contributed by atoms with Crippen LogP contribution in [-0.2, 0) is 5.41 Å². The second-order valence-electron chi connectivity index (χ2n) is 7.37. The van der Waals surface area contributed by atoms with Gasteiger partial charge in [-0.2, -0.15) is 0 Å². The van der Waals surface area contributed by atoms with Gasteiger partial charge in [-0.3, -0.25) is 0 Å². The van der Waals surface area contributed by atoms with E-state index in [4.69, 9.17) is 0 Å². The van der Waals surface area contributed by atoms with E-state index >= 15 is 0 Å². The Morgan fingerprint density at radius 2 is 0.846 bits per heavy atom. The van der Waals surface area contributed by atoms with E-state index in [1.54, 1.807) is 0 Å². The molecule has 0 fully saturated rings. The highest BCUT2D eigenvalue weighted by molar-refractivity contribution is 5.56. The first-order valence-electron chi connectivity index (χ1n) is 9.04. The monoisotopic (exact) mass is 344 g/mol. The lowest BCUT2D eigenvalue weighted by Crippen LogP contribution is -2.25. The maximum absolute atomic E-state index is 2.32. The lowest BCUT2D eigenvalue weighted by Gasteiger charge is -2.32. The molecule has 3 aromatic rings. The third kappa shape index (κ3) is 3.32. The highest BCUT2D eigenvalue weighted by Gasteiger charge is 2.31. The molecule has 0 spiro atoms. The van der Waals surface area contributed by atoms with E-state index in [0.29, 0.717) is 0 Å². The molecule has 2 heteroatoms. The summed E-state index contributed by atoms with van der Waals surface area (Å²) in [5.74, 6) is 0. The Morgan fingerprint density at radius 1 is 0.500 bits per heavy atom. The Kier molecular flexibility index (Phi) is 5.03. The molecule has 0 aliphatic carbocycles. The predicted molar refractivity (Wildman–Crippen MR) is 114 cm³/mol. The van der Waals surface area contributed by atoms with Crippen LogP contribution in [-0.4, -0.2) is 28.2 Å². The van der Waals surface area contributed by atoms with Crippen LogP contribution in [0.3, 0.4) is 0 Å². The van der Waals surface area contributed by atoms with Crippen molar-refractivity contribution in [3.8, 4) is 0 Å². The van der Waals surface area contributed by atoms with Gasteiger partial charge in [0, 0.05) is 45.0 Å². The zero-order chi connectivity index (χ0) is 18.7. The van der Waals surface area contributed by atoms with Crippen LogP contribution in [0.2, 0.25) is 0 Å². The van der Waals surface area contributed by atoms with E-state index in [-0.39, 0.29) is 5.41 Å². The van der Waals surface area contributed by atoms with E-state index in [9.17, 15) is 0 Å². The molecule has 0 amide bonds. The molecule has 0 radical (unpaired) electrons. The zero-order valence-corrected chi connectivity index (χ0v) is 16.4. The third-order valence-corrected chi connectivity index (χ3v) is 5.27. The van der Waals surface area contributed by atoms with Crippen LogP contribution in [0.1, 0.15) is 23.6 Å². The molecule has 2 nitrogen and oxygen atoms in total. The molecular weight excluding hydrogens is 316 g/mol. The van der Waals surface area contributed by atoms with Gasteiger partial charge in [0.25, 0.3) is 0 Å². The third-order valence-electron chi connectivity index (χ3n) is 5.27. The fourth-order valence-corrected chi connectivity index (χ4v) is 3.46. The van der Waals surface area contributed by atoms with Crippen LogP contribution in [0, 0.1) is 0 Å². The fourth-order valence-electron chi connectivity index (χ4n) is 3.46. The van der Waals surface area contributed by atoms with Crippen molar-refractivity contribution in [2.24, 2.45) is 0 Å². The van der Waals surface area contributed by atoms with Gasteiger partial charge in [0.05, 0.1) is 0 Å². The van der Waals surface area contributed by atoms with Crippen LogP contribution in [0.4, 0.5) is 11.4 Å². The van der Waals surface area contributed by atoms with Gasteiger partial charge in [-0.15, -0.1) is 0 Å². The van der Waals surface area contributed by atoms with Gasteiger partial charge < -0.3 is 9.80 Å². The molecule has 0 N–H and O–H groups in total. The summed E-state index contributed by atoms with van der Waals surface area (Å²) in [4.78, 5) is 4.27. The molecule has 0 saturated carbocycles. The molecule has 0 unspecified atom stereocenters. The molecule has 0 aromatic heterocycles. The summed E-state index contributed by atoms with van der Waals surface area (Å²) < 4.78 is 0. The first-order valence-corrected chi connectivity index (χ1v) is 9.04. The topological polar surface area (TPSA) is 6.48 Å². The standard InChI is InChI=1S/C24H28N2/c1-24(19-9-7-6-8-10-19,20-11-15-22(16-12-20)25(2)3)21-13-17-23(18-14-21)26(4)5/h6-18H,1-5H3. The van der Waals surface area contributed by atoms with Crippen LogP contribution in [0.5, 0.6) is 0 Å². The smallest absolute Gasteiger partial charge is 0.0423 e. The Hall–Kier alpha value is -2.74. The van der Waals surface area contributed by atoms with E-state index < -0.39 is 0 Å². The fraction of sp³-hybridized carbons (Fsp3) is 0.250. The second-order valence-corrected chi connectivity index (χ2v) is 7.37. The molecule has 0 atom stereocenters. The maximum atomic E-state index is 2.32. The second kappa shape index (κ2) is 7.25. The highest BCUT2D eigenvalue weighted by Crippen LogP contribution is 2.39. The molecule has 3 aromatic carbocycles. The van der Waals surface area contributed by atoms with Gasteiger partial charge in [0.2, 0.25) is 0 Å². The van der Waals surface area contributed by atoms with Crippen molar-refractivity contribution in [2.75, 3.05) is 38.0 Å². The minimum atomic E-state index is -0.197. The van der Waals surface area contributed by atoms with Crippen LogP contribution in [0.15, 0.2) is 78.9 Å². The maximum Gasteiger partial charge on any atom is 0.0423 e. The van der Waals surface area contributed by atoms with Gasteiger partial charge in [-0.25, -0.2) is 0 Å². The summed E-state index contributed by atoms with van der Waals surface area (Å²) >= 11 is 0. The summed E-state index contributed by atoms with van der Waals surface area (Å²) in [6.45, 7) is 2.32. The first-order chi connectivity index (χ1) is 12.4. The Morgan fingerprint density at radius 3 is 1.19 bits per heavy atom. The Labute approximate surface area is 157 Å². The quantitative estimate of drug-likeness (QED) is 0.589. The minimum absolute atomic E-state index is 0.197. The largest absolute Gasteiger partial charge is 0.378 e. The van der Waals surface area contributed by atoms with Crippen molar-refractivity contribution in [3.05, 3.63) is 95.6 Å². The summed E-state index contributed by atoms with van der Waals surface area (Å²) in [6, 6.07) is 28.6. The van der Waals surface area contributed by atoms with Crippen molar-refractivity contribution in [1.29, 1.82) is 0 Å². The summed E-state index contributed by atoms with van der Waals surface area (Å²) in [6.07, 6.45) is 0. The van der Waals surface area contributed by atoms with E-state index in [1.807, 2.05) is 0 Å². The van der Waals surface area contributed by atoms with Crippen molar-refractivity contribution in [1.82, 2.24) is 0 Å². The summed E-state index contributed by atoms with van der Waals surface area (Å²) in [5, 5.41) is 0. The molecule has 0 aliphatic rings. The number of nitrogens with zero attached hydrogens (tertiary/aromatic N) is 2. The van der Waals surface area contributed by atoms with Crippen LogP contribution in [0.25, 0.3) is 0 Å². The molecule has 0 heterocycles. The Bertz CT molecular complexity index is 780. The normalized spacial score (nSPS) is 11.3. The number of hydrogen-bond donors (Lipinski definition) is 0. The van der Waals surface area contributed by atoms with Gasteiger partial charge in [-0.05, 0) is 47.9 Å². The van der Waals surface area contributed by atoms with Crippen LogP contribution >= 0.6 is 0 Å². The minimum Gasteiger partial charge on any atom is -0.378 e. The van der Waals surface area contributed by atoms with Crippen LogP contribution < -0.4 is 9.80 Å².